The van der Waals surface area contributed by atoms with Crippen LogP contribution in [0, 0.1) is 6.92 Å². The highest BCUT2D eigenvalue weighted by Crippen LogP contribution is 2.19. The van der Waals surface area contributed by atoms with Crippen molar-refractivity contribution >= 4 is 29.2 Å². The second kappa shape index (κ2) is 4.93. The maximum Gasteiger partial charge on any atom is 0.255 e. The molecule has 0 fully saturated rings. The highest BCUT2D eigenvalue weighted by atomic mass is 32.1. The molecular formula is C13H11NO2S. The van der Waals surface area contributed by atoms with Crippen LogP contribution < -0.4 is 5.32 Å². The highest BCUT2D eigenvalue weighted by molar-refractivity contribution is 7.12. The van der Waals surface area contributed by atoms with Crippen LogP contribution in [0.25, 0.3) is 0 Å². The smallest absolute Gasteiger partial charge is 0.255 e. The SMILES string of the molecule is Cc1ccccc1C(=O)Nc1csc(C=O)c1. The van der Waals surface area contributed by atoms with Gasteiger partial charge in [0, 0.05) is 10.9 Å². The molecule has 0 saturated carbocycles. The van der Waals surface area contributed by atoms with Gasteiger partial charge in [-0.05, 0) is 24.6 Å². The molecule has 86 valence electrons. The van der Waals surface area contributed by atoms with Crippen molar-refractivity contribution in [2.45, 2.75) is 6.92 Å². The summed E-state index contributed by atoms with van der Waals surface area (Å²) in [6, 6.07) is 9.04. The molecule has 0 saturated heterocycles. The third-order valence-corrected chi connectivity index (χ3v) is 3.24. The highest BCUT2D eigenvalue weighted by Gasteiger charge is 2.09. The Morgan fingerprint density at radius 1 is 1.35 bits per heavy atom. The van der Waals surface area contributed by atoms with Crippen LogP contribution in [-0.4, -0.2) is 12.2 Å². The third-order valence-electron chi connectivity index (χ3n) is 2.38. The van der Waals surface area contributed by atoms with E-state index in [1.807, 2.05) is 25.1 Å². The maximum atomic E-state index is 11.9. The van der Waals surface area contributed by atoms with Crippen LogP contribution in [0.1, 0.15) is 25.6 Å². The van der Waals surface area contributed by atoms with Crippen LogP contribution in [0.5, 0.6) is 0 Å². The van der Waals surface area contributed by atoms with Crippen molar-refractivity contribution in [3.05, 3.63) is 51.7 Å². The normalized spacial score (nSPS) is 9.94. The van der Waals surface area contributed by atoms with Gasteiger partial charge in [0.2, 0.25) is 0 Å². The van der Waals surface area contributed by atoms with Crippen LogP contribution in [0.4, 0.5) is 5.69 Å². The van der Waals surface area contributed by atoms with Crippen molar-refractivity contribution in [1.29, 1.82) is 0 Å². The summed E-state index contributed by atoms with van der Waals surface area (Å²) in [4.78, 5) is 23.1. The van der Waals surface area contributed by atoms with E-state index >= 15 is 0 Å². The number of hydrogen-bond acceptors (Lipinski definition) is 3. The Kier molecular flexibility index (Phi) is 3.35. The van der Waals surface area contributed by atoms with Crippen molar-refractivity contribution in [3.8, 4) is 0 Å². The number of aryl methyl sites for hydroxylation is 1. The molecule has 0 aliphatic carbocycles. The first kappa shape index (κ1) is 11.5. The lowest BCUT2D eigenvalue weighted by atomic mass is 10.1. The molecule has 0 unspecified atom stereocenters. The summed E-state index contributed by atoms with van der Waals surface area (Å²) in [5.41, 5.74) is 2.23. The largest absolute Gasteiger partial charge is 0.321 e. The first-order valence-corrected chi connectivity index (χ1v) is 5.99. The van der Waals surface area contributed by atoms with Crippen molar-refractivity contribution < 1.29 is 9.59 Å². The summed E-state index contributed by atoms with van der Waals surface area (Å²) in [6.45, 7) is 1.89. The van der Waals surface area contributed by atoms with Crippen molar-refractivity contribution in [1.82, 2.24) is 0 Å². The van der Waals surface area contributed by atoms with Gasteiger partial charge in [-0.3, -0.25) is 9.59 Å². The van der Waals surface area contributed by atoms with Gasteiger partial charge in [0.05, 0.1) is 10.6 Å². The van der Waals surface area contributed by atoms with E-state index in [2.05, 4.69) is 5.32 Å². The van der Waals surface area contributed by atoms with Gasteiger partial charge in [-0.25, -0.2) is 0 Å². The fourth-order valence-corrected chi connectivity index (χ4v) is 2.15. The van der Waals surface area contributed by atoms with Crippen LogP contribution in [0.3, 0.4) is 0 Å². The monoisotopic (exact) mass is 245 g/mol. The van der Waals surface area contributed by atoms with Gasteiger partial charge >= 0.3 is 0 Å². The first-order chi connectivity index (χ1) is 8.20. The molecule has 1 aromatic heterocycles. The van der Waals surface area contributed by atoms with Gasteiger partial charge < -0.3 is 5.32 Å². The number of thiophene rings is 1. The lowest BCUT2D eigenvalue weighted by molar-refractivity contribution is 0.102. The van der Waals surface area contributed by atoms with Gasteiger partial charge in [0.15, 0.2) is 6.29 Å². The number of rotatable bonds is 3. The van der Waals surface area contributed by atoms with Crippen LogP contribution >= 0.6 is 11.3 Å². The summed E-state index contributed by atoms with van der Waals surface area (Å²) < 4.78 is 0. The molecule has 0 spiro atoms. The fraction of sp³-hybridized carbons (Fsp3) is 0.0769. The van der Waals surface area contributed by atoms with Crippen molar-refractivity contribution in [2.75, 3.05) is 5.32 Å². The molecule has 4 heteroatoms. The number of aldehydes is 1. The minimum atomic E-state index is -0.154. The molecule has 2 rings (SSSR count). The molecule has 1 heterocycles. The molecular weight excluding hydrogens is 234 g/mol. The predicted octanol–water partition coefficient (Wildman–Crippen LogP) is 3.12. The van der Waals surface area contributed by atoms with E-state index in [1.54, 1.807) is 17.5 Å². The van der Waals surface area contributed by atoms with Crippen molar-refractivity contribution in [3.63, 3.8) is 0 Å². The zero-order valence-electron chi connectivity index (χ0n) is 9.27. The summed E-state index contributed by atoms with van der Waals surface area (Å²) in [5.74, 6) is -0.154. The molecule has 1 amide bonds. The number of hydrogen-bond donors (Lipinski definition) is 1. The summed E-state index contributed by atoms with van der Waals surface area (Å²) in [7, 11) is 0. The zero-order chi connectivity index (χ0) is 12.3. The number of benzene rings is 1. The Balaban J connectivity index is 2.17. The number of carbonyl (C=O) groups excluding carboxylic acids is 2. The predicted molar refractivity (Wildman–Crippen MR) is 68.8 cm³/mol. The van der Waals surface area contributed by atoms with Gasteiger partial charge in [-0.1, -0.05) is 18.2 Å². The average molecular weight is 245 g/mol. The molecule has 17 heavy (non-hydrogen) atoms. The minimum Gasteiger partial charge on any atom is -0.321 e. The summed E-state index contributed by atoms with van der Waals surface area (Å²) in [5, 5.41) is 4.52. The number of anilines is 1. The average Bonchev–Trinajstić information content (AvgIpc) is 2.77. The Hall–Kier alpha value is -1.94. The lowest BCUT2D eigenvalue weighted by Gasteiger charge is -2.05. The topological polar surface area (TPSA) is 46.2 Å². The van der Waals surface area contributed by atoms with E-state index in [0.29, 0.717) is 16.1 Å². The molecule has 0 aliphatic rings. The minimum absolute atomic E-state index is 0.154. The van der Waals surface area contributed by atoms with Gasteiger partial charge in [-0.2, -0.15) is 0 Å². The molecule has 3 nitrogen and oxygen atoms in total. The second-order valence-corrected chi connectivity index (χ2v) is 4.57. The molecule has 0 bridgehead atoms. The molecule has 1 aromatic carbocycles. The summed E-state index contributed by atoms with van der Waals surface area (Å²) >= 11 is 1.31. The number of amides is 1. The number of carbonyl (C=O) groups is 2. The van der Waals surface area contributed by atoms with Gasteiger partial charge in [0.25, 0.3) is 5.91 Å². The van der Waals surface area contributed by atoms with Crippen molar-refractivity contribution in [2.24, 2.45) is 0 Å². The van der Waals surface area contributed by atoms with Crippen LogP contribution in [-0.2, 0) is 0 Å². The van der Waals surface area contributed by atoms with E-state index < -0.39 is 0 Å². The van der Waals surface area contributed by atoms with Gasteiger partial charge in [0.1, 0.15) is 0 Å². The number of nitrogens with one attached hydrogen (secondary N) is 1. The summed E-state index contributed by atoms with van der Waals surface area (Å²) in [6.07, 6.45) is 0.772. The van der Waals surface area contributed by atoms with Gasteiger partial charge in [-0.15, -0.1) is 11.3 Å². The van der Waals surface area contributed by atoms with E-state index in [-0.39, 0.29) is 5.91 Å². The molecule has 0 radical (unpaired) electrons. The van der Waals surface area contributed by atoms with E-state index in [0.717, 1.165) is 11.8 Å². The van der Waals surface area contributed by atoms with E-state index in [1.165, 1.54) is 11.3 Å². The molecule has 1 N–H and O–H groups in total. The molecule has 0 atom stereocenters. The third kappa shape index (κ3) is 2.60. The Morgan fingerprint density at radius 2 is 2.12 bits per heavy atom. The van der Waals surface area contributed by atoms with E-state index in [9.17, 15) is 9.59 Å². The Labute approximate surface area is 103 Å². The lowest BCUT2D eigenvalue weighted by Crippen LogP contribution is -2.12. The zero-order valence-corrected chi connectivity index (χ0v) is 10.1. The standard InChI is InChI=1S/C13H11NO2S/c1-9-4-2-3-5-12(9)13(16)14-10-6-11(7-15)17-8-10/h2-8H,1H3,(H,14,16). The maximum absolute atomic E-state index is 11.9. The second-order valence-electron chi connectivity index (χ2n) is 3.62. The molecule has 2 aromatic rings. The first-order valence-electron chi connectivity index (χ1n) is 5.11. The van der Waals surface area contributed by atoms with Crippen LogP contribution in [0.2, 0.25) is 0 Å². The Morgan fingerprint density at radius 3 is 2.76 bits per heavy atom. The Bertz CT molecular complexity index is 560. The van der Waals surface area contributed by atoms with Crippen LogP contribution in [0.15, 0.2) is 35.7 Å². The fourth-order valence-electron chi connectivity index (χ4n) is 1.51. The van der Waals surface area contributed by atoms with E-state index in [4.69, 9.17) is 0 Å². The quantitative estimate of drug-likeness (QED) is 0.844. The molecule has 0 aliphatic heterocycles.